The summed E-state index contributed by atoms with van der Waals surface area (Å²) < 4.78 is 16.8. The van der Waals surface area contributed by atoms with Crippen molar-refractivity contribution in [2.45, 2.75) is 264 Å². The highest BCUT2D eigenvalue weighted by atomic mass is 16.6. The Morgan fingerprint density at radius 2 is 0.652 bits per heavy atom. The molecule has 0 N–H and O–H groups in total. The second-order valence-corrected chi connectivity index (χ2v) is 18.2. The summed E-state index contributed by atoms with van der Waals surface area (Å²) in [5.74, 6) is -0.920. The monoisotopic (exact) mass is 919 g/mol. The van der Waals surface area contributed by atoms with E-state index in [4.69, 9.17) is 14.2 Å². The fourth-order valence-corrected chi connectivity index (χ4v) is 7.59. The number of allylic oxidation sites excluding steroid dienone is 14. The highest BCUT2D eigenvalue weighted by Gasteiger charge is 2.19. The molecule has 0 radical (unpaired) electrons. The maximum atomic E-state index is 12.8. The molecule has 0 fully saturated rings. The normalized spacial score (nSPS) is 12.7. The highest BCUT2D eigenvalue weighted by molar-refractivity contribution is 5.71. The third-order valence-electron chi connectivity index (χ3n) is 11.7. The molecule has 1 atom stereocenters. The molecule has 0 spiro atoms. The van der Waals surface area contributed by atoms with E-state index in [1.165, 1.54) is 103 Å². The molecule has 0 aromatic carbocycles. The average Bonchev–Trinajstić information content (AvgIpc) is 3.31. The van der Waals surface area contributed by atoms with Crippen molar-refractivity contribution in [3.63, 3.8) is 0 Å². The van der Waals surface area contributed by atoms with Crippen molar-refractivity contribution in [1.29, 1.82) is 0 Å². The molecular weight excluding hydrogens is 817 g/mol. The Morgan fingerprint density at radius 3 is 1.09 bits per heavy atom. The summed E-state index contributed by atoms with van der Waals surface area (Å²) in [4.78, 5) is 38.1. The van der Waals surface area contributed by atoms with Gasteiger partial charge in [-0.1, -0.05) is 247 Å². The van der Waals surface area contributed by atoms with E-state index in [1.54, 1.807) is 0 Å². The molecule has 0 aromatic rings. The third-order valence-corrected chi connectivity index (χ3v) is 11.7. The molecule has 0 saturated heterocycles. The number of carbonyl (C=O) groups excluding carboxylic acids is 3. The Hall–Kier alpha value is -3.41. The molecule has 1 unspecified atom stereocenters. The Labute approximate surface area is 407 Å². The standard InChI is InChI=1S/C60H102O6/c1-4-7-10-13-16-19-22-25-28-30-31-33-35-38-41-44-47-50-53-59(62)65-56-57(55-64-58(61)52-49-46-43-40-37-34-27-24-21-18-15-12-9-6-3)66-60(63)54-51-48-45-42-39-36-32-29-26-23-20-17-14-11-8-5-2/h8,11,16-17,19-20,22,25-26,28-31,33,57H,4-7,9-10,12-15,18,21,23-24,27,32,34-56H2,1-3H3/b11-8-,19-16-,20-17-,25-22-,29-26-,30-28-,33-31-. The SMILES string of the molecule is CC/C=C\C/C=C\C/C=C\CCCCCCCCC(=O)OC(COC(=O)CCCCCCC\C=C/C=C\C=C/C=C\CCCCC)COC(=O)CCCCCCCCCCCCCCCC. The number of hydrogen-bond acceptors (Lipinski definition) is 6. The van der Waals surface area contributed by atoms with Gasteiger partial charge in [0.15, 0.2) is 6.10 Å². The van der Waals surface area contributed by atoms with Gasteiger partial charge in [-0.15, -0.1) is 0 Å². The average molecular weight is 919 g/mol. The highest BCUT2D eigenvalue weighted by Crippen LogP contribution is 2.15. The van der Waals surface area contributed by atoms with Gasteiger partial charge < -0.3 is 14.2 Å². The van der Waals surface area contributed by atoms with Crippen LogP contribution in [0.2, 0.25) is 0 Å². The number of esters is 3. The van der Waals surface area contributed by atoms with Crippen LogP contribution in [0, 0.1) is 0 Å². The van der Waals surface area contributed by atoms with E-state index >= 15 is 0 Å². The van der Waals surface area contributed by atoms with Gasteiger partial charge in [0.2, 0.25) is 0 Å². The van der Waals surface area contributed by atoms with Crippen LogP contribution in [0.3, 0.4) is 0 Å². The zero-order valence-corrected chi connectivity index (χ0v) is 43.2. The van der Waals surface area contributed by atoms with E-state index in [2.05, 4.69) is 106 Å². The molecule has 66 heavy (non-hydrogen) atoms. The molecule has 0 saturated carbocycles. The van der Waals surface area contributed by atoms with Crippen LogP contribution in [0.1, 0.15) is 258 Å². The second-order valence-electron chi connectivity index (χ2n) is 18.2. The topological polar surface area (TPSA) is 78.9 Å². The lowest BCUT2D eigenvalue weighted by molar-refractivity contribution is -0.167. The van der Waals surface area contributed by atoms with Gasteiger partial charge in [-0.2, -0.15) is 0 Å². The largest absolute Gasteiger partial charge is 0.462 e. The number of hydrogen-bond donors (Lipinski definition) is 0. The van der Waals surface area contributed by atoms with Crippen molar-refractivity contribution in [1.82, 2.24) is 0 Å². The molecule has 0 aliphatic heterocycles. The second kappa shape index (κ2) is 54.2. The first-order valence-electron chi connectivity index (χ1n) is 27.6. The van der Waals surface area contributed by atoms with Crippen LogP contribution in [0.25, 0.3) is 0 Å². The summed E-state index contributed by atoms with van der Waals surface area (Å²) in [6.45, 7) is 6.47. The van der Waals surface area contributed by atoms with Gasteiger partial charge in [-0.25, -0.2) is 0 Å². The Kier molecular flexibility index (Phi) is 51.4. The Morgan fingerprint density at radius 1 is 0.333 bits per heavy atom. The molecule has 0 heterocycles. The lowest BCUT2D eigenvalue weighted by Gasteiger charge is -2.18. The minimum absolute atomic E-state index is 0.0883. The predicted molar refractivity (Wildman–Crippen MR) is 284 cm³/mol. The maximum absolute atomic E-state index is 12.8. The molecule has 0 aliphatic carbocycles. The molecule has 0 aromatic heterocycles. The van der Waals surface area contributed by atoms with Crippen LogP contribution in [-0.2, 0) is 28.6 Å². The fourth-order valence-electron chi connectivity index (χ4n) is 7.59. The molecule has 6 nitrogen and oxygen atoms in total. The predicted octanol–water partition coefficient (Wildman–Crippen LogP) is 18.4. The molecule has 6 heteroatoms. The van der Waals surface area contributed by atoms with Crippen molar-refractivity contribution < 1.29 is 28.6 Å². The van der Waals surface area contributed by atoms with Crippen molar-refractivity contribution in [3.05, 3.63) is 85.1 Å². The van der Waals surface area contributed by atoms with Crippen molar-refractivity contribution >= 4 is 17.9 Å². The minimum Gasteiger partial charge on any atom is -0.462 e. The number of ether oxygens (including phenoxy) is 3. The van der Waals surface area contributed by atoms with Crippen LogP contribution in [-0.4, -0.2) is 37.2 Å². The number of unbranched alkanes of at least 4 members (excludes halogenated alkanes) is 27. The van der Waals surface area contributed by atoms with Crippen molar-refractivity contribution in [2.75, 3.05) is 13.2 Å². The van der Waals surface area contributed by atoms with E-state index in [-0.39, 0.29) is 31.1 Å². The van der Waals surface area contributed by atoms with Crippen LogP contribution >= 0.6 is 0 Å². The Balaban J connectivity index is 4.45. The van der Waals surface area contributed by atoms with E-state index in [0.717, 1.165) is 116 Å². The van der Waals surface area contributed by atoms with Gasteiger partial charge in [0, 0.05) is 19.3 Å². The number of carbonyl (C=O) groups is 3. The molecule has 0 rings (SSSR count). The van der Waals surface area contributed by atoms with Gasteiger partial charge in [0.25, 0.3) is 0 Å². The summed E-state index contributed by atoms with van der Waals surface area (Å²) in [5.41, 5.74) is 0. The van der Waals surface area contributed by atoms with E-state index in [1.807, 2.05) is 0 Å². The smallest absolute Gasteiger partial charge is 0.306 e. The first-order chi connectivity index (χ1) is 32.5. The summed E-state index contributed by atoms with van der Waals surface area (Å²) in [5, 5.41) is 0. The molecule has 0 amide bonds. The van der Waals surface area contributed by atoms with Gasteiger partial charge in [-0.05, 0) is 77.0 Å². The fraction of sp³-hybridized carbons (Fsp3) is 0.717. The van der Waals surface area contributed by atoms with E-state index in [0.29, 0.717) is 19.3 Å². The van der Waals surface area contributed by atoms with E-state index < -0.39 is 6.10 Å². The molecule has 378 valence electrons. The first-order valence-corrected chi connectivity index (χ1v) is 27.6. The van der Waals surface area contributed by atoms with Gasteiger partial charge in [-0.3, -0.25) is 14.4 Å². The van der Waals surface area contributed by atoms with E-state index in [9.17, 15) is 14.4 Å². The molecular formula is C60H102O6. The third kappa shape index (κ3) is 51.6. The zero-order chi connectivity index (χ0) is 47.9. The summed E-state index contributed by atoms with van der Waals surface area (Å²) in [6.07, 6.45) is 69.9. The van der Waals surface area contributed by atoms with Crippen LogP contribution in [0.5, 0.6) is 0 Å². The van der Waals surface area contributed by atoms with Crippen molar-refractivity contribution in [3.8, 4) is 0 Å². The first kappa shape index (κ1) is 62.6. The van der Waals surface area contributed by atoms with Crippen LogP contribution in [0.15, 0.2) is 85.1 Å². The summed E-state index contributed by atoms with van der Waals surface area (Å²) in [6, 6.07) is 0. The van der Waals surface area contributed by atoms with Crippen LogP contribution < -0.4 is 0 Å². The molecule has 0 aliphatic rings. The van der Waals surface area contributed by atoms with Crippen molar-refractivity contribution in [2.24, 2.45) is 0 Å². The van der Waals surface area contributed by atoms with Gasteiger partial charge in [0.05, 0.1) is 0 Å². The van der Waals surface area contributed by atoms with Gasteiger partial charge in [0.1, 0.15) is 13.2 Å². The Bertz CT molecular complexity index is 1290. The summed E-state index contributed by atoms with van der Waals surface area (Å²) >= 11 is 0. The number of rotatable bonds is 49. The van der Waals surface area contributed by atoms with Gasteiger partial charge >= 0.3 is 17.9 Å². The maximum Gasteiger partial charge on any atom is 0.306 e. The lowest BCUT2D eigenvalue weighted by Crippen LogP contribution is -2.30. The zero-order valence-electron chi connectivity index (χ0n) is 43.2. The quantitative estimate of drug-likeness (QED) is 0.0199. The summed E-state index contributed by atoms with van der Waals surface area (Å²) in [7, 11) is 0. The van der Waals surface area contributed by atoms with Crippen LogP contribution in [0.4, 0.5) is 0 Å². The molecule has 0 bridgehead atoms. The minimum atomic E-state index is -0.792. The lowest BCUT2D eigenvalue weighted by atomic mass is 10.0.